The molecule has 1 N–H and O–H groups in total. The van der Waals surface area contributed by atoms with Crippen LogP contribution in [0.25, 0.3) is 5.69 Å². The number of para-hydroxylation sites is 1. The van der Waals surface area contributed by atoms with E-state index in [2.05, 4.69) is 10.4 Å². The van der Waals surface area contributed by atoms with Crippen molar-refractivity contribution in [1.29, 1.82) is 0 Å². The maximum Gasteiger partial charge on any atom is 0.292 e. The minimum Gasteiger partial charge on any atom is -0.381 e. The number of Topliss-reactive ketones (excluding diaryl/α,β-unsaturated/α-hetero) is 1. The predicted molar refractivity (Wildman–Crippen MR) is 89.3 cm³/mol. The second-order valence-corrected chi connectivity index (χ2v) is 6.06. The number of carbonyl (C=O) groups excluding carboxylic acids is 2. The Kier molecular flexibility index (Phi) is 4.76. The van der Waals surface area contributed by atoms with Crippen molar-refractivity contribution in [2.45, 2.75) is 20.3 Å². The number of amides is 1. The van der Waals surface area contributed by atoms with E-state index in [1.165, 1.54) is 0 Å². The van der Waals surface area contributed by atoms with Gasteiger partial charge in [0.1, 0.15) is 0 Å². The molecule has 24 heavy (non-hydrogen) atoms. The first-order valence-electron chi connectivity index (χ1n) is 8.10. The van der Waals surface area contributed by atoms with E-state index in [9.17, 15) is 9.59 Å². The Bertz CT molecular complexity index is 746. The van der Waals surface area contributed by atoms with Gasteiger partial charge in [-0.3, -0.25) is 9.59 Å². The molecule has 2 heterocycles. The van der Waals surface area contributed by atoms with Crippen LogP contribution in [0.4, 0.5) is 0 Å². The van der Waals surface area contributed by atoms with E-state index in [1.54, 1.807) is 18.5 Å². The lowest BCUT2D eigenvalue weighted by atomic mass is 10.1. The maximum absolute atomic E-state index is 12.5. The fourth-order valence-electron chi connectivity index (χ4n) is 2.97. The molecule has 0 spiro atoms. The lowest BCUT2D eigenvalue weighted by molar-refractivity contribution is -0.117. The summed E-state index contributed by atoms with van der Waals surface area (Å²) in [5, 5.41) is 7.14. The highest BCUT2D eigenvalue weighted by atomic mass is 16.5. The Morgan fingerprint density at radius 1 is 1.29 bits per heavy atom. The number of hydrogen-bond acceptors (Lipinski definition) is 4. The van der Waals surface area contributed by atoms with Crippen molar-refractivity contribution in [2.24, 2.45) is 5.92 Å². The highest BCUT2D eigenvalue weighted by Crippen LogP contribution is 2.18. The molecule has 6 heteroatoms. The van der Waals surface area contributed by atoms with E-state index in [-0.39, 0.29) is 5.92 Å². The van der Waals surface area contributed by atoms with E-state index < -0.39 is 11.7 Å². The van der Waals surface area contributed by atoms with Crippen LogP contribution in [0.2, 0.25) is 0 Å². The molecule has 2 aromatic rings. The molecule has 1 fully saturated rings. The van der Waals surface area contributed by atoms with Crippen LogP contribution in [0.3, 0.4) is 0 Å². The van der Waals surface area contributed by atoms with Crippen LogP contribution >= 0.6 is 0 Å². The van der Waals surface area contributed by atoms with Crippen LogP contribution in [0.15, 0.2) is 30.3 Å². The molecule has 1 amide bonds. The van der Waals surface area contributed by atoms with E-state index in [0.717, 1.165) is 18.7 Å². The largest absolute Gasteiger partial charge is 0.381 e. The molecule has 0 bridgehead atoms. The number of ketones is 1. The molecule has 6 nitrogen and oxygen atoms in total. The minimum absolute atomic E-state index is 0.288. The summed E-state index contributed by atoms with van der Waals surface area (Å²) in [6.45, 7) is 5.38. The number of hydrogen-bond donors (Lipinski definition) is 1. The minimum atomic E-state index is -0.583. The Morgan fingerprint density at radius 2 is 2.04 bits per heavy atom. The van der Waals surface area contributed by atoms with Gasteiger partial charge in [-0.15, -0.1) is 0 Å². The van der Waals surface area contributed by atoms with Crippen LogP contribution in [-0.4, -0.2) is 41.2 Å². The van der Waals surface area contributed by atoms with Gasteiger partial charge in [-0.1, -0.05) is 18.2 Å². The van der Waals surface area contributed by atoms with Crippen LogP contribution in [0, 0.1) is 19.8 Å². The zero-order chi connectivity index (χ0) is 17.1. The van der Waals surface area contributed by atoms with Crippen LogP contribution in [0.1, 0.15) is 28.2 Å². The van der Waals surface area contributed by atoms with E-state index in [1.807, 2.05) is 30.3 Å². The quantitative estimate of drug-likeness (QED) is 0.671. The molecule has 1 aliphatic heterocycles. The summed E-state index contributed by atoms with van der Waals surface area (Å²) in [6.07, 6.45) is 0.915. The van der Waals surface area contributed by atoms with Gasteiger partial charge in [-0.2, -0.15) is 5.10 Å². The van der Waals surface area contributed by atoms with Crippen molar-refractivity contribution in [3.8, 4) is 5.69 Å². The third-order valence-corrected chi connectivity index (χ3v) is 4.30. The summed E-state index contributed by atoms with van der Waals surface area (Å²) in [7, 11) is 0. The Morgan fingerprint density at radius 3 is 2.71 bits per heavy atom. The van der Waals surface area contributed by atoms with Crippen molar-refractivity contribution in [3.05, 3.63) is 47.3 Å². The first-order chi connectivity index (χ1) is 11.6. The number of nitrogens with zero attached hydrogens (tertiary/aromatic N) is 2. The number of benzene rings is 1. The molecule has 1 aromatic carbocycles. The van der Waals surface area contributed by atoms with E-state index in [4.69, 9.17) is 4.74 Å². The summed E-state index contributed by atoms with van der Waals surface area (Å²) < 4.78 is 6.97. The predicted octanol–water partition coefficient (Wildman–Crippen LogP) is 1.82. The fourth-order valence-corrected chi connectivity index (χ4v) is 2.97. The molecule has 0 radical (unpaired) electrons. The monoisotopic (exact) mass is 327 g/mol. The number of aromatic nitrogens is 2. The van der Waals surface area contributed by atoms with Gasteiger partial charge in [0.25, 0.3) is 11.7 Å². The topological polar surface area (TPSA) is 73.2 Å². The van der Waals surface area contributed by atoms with E-state index in [0.29, 0.717) is 30.1 Å². The third-order valence-electron chi connectivity index (χ3n) is 4.30. The summed E-state index contributed by atoms with van der Waals surface area (Å²) in [6, 6.07) is 9.55. The van der Waals surface area contributed by atoms with Gasteiger partial charge in [0.05, 0.1) is 29.2 Å². The van der Waals surface area contributed by atoms with Crippen LogP contribution < -0.4 is 5.32 Å². The number of ether oxygens (including phenoxy) is 1. The summed E-state index contributed by atoms with van der Waals surface area (Å²) in [4.78, 5) is 24.8. The van der Waals surface area contributed by atoms with Gasteiger partial charge in [0, 0.05) is 19.1 Å². The summed E-state index contributed by atoms with van der Waals surface area (Å²) >= 11 is 0. The molecule has 0 unspecified atom stereocenters. The van der Waals surface area contributed by atoms with Gasteiger partial charge in [0.2, 0.25) is 0 Å². The molecular weight excluding hydrogens is 306 g/mol. The first kappa shape index (κ1) is 16.4. The first-order valence-corrected chi connectivity index (χ1v) is 8.10. The highest BCUT2D eigenvalue weighted by Gasteiger charge is 2.26. The normalized spacial score (nSPS) is 17.0. The molecular formula is C18H21N3O3. The Labute approximate surface area is 140 Å². The molecule has 3 rings (SSSR count). The average molecular weight is 327 g/mol. The summed E-state index contributed by atoms with van der Waals surface area (Å²) in [5.74, 6) is -0.831. The smallest absolute Gasteiger partial charge is 0.292 e. The number of carbonyl (C=O) groups is 2. The van der Waals surface area contributed by atoms with Crippen molar-refractivity contribution in [3.63, 3.8) is 0 Å². The van der Waals surface area contributed by atoms with Crippen molar-refractivity contribution in [1.82, 2.24) is 15.1 Å². The van der Waals surface area contributed by atoms with Crippen LogP contribution in [0.5, 0.6) is 0 Å². The van der Waals surface area contributed by atoms with Crippen molar-refractivity contribution < 1.29 is 14.3 Å². The molecule has 0 aliphatic carbocycles. The zero-order valence-corrected chi connectivity index (χ0v) is 13.9. The molecule has 1 saturated heterocycles. The fraction of sp³-hybridized carbons (Fsp3) is 0.389. The number of rotatable bonds is 5. The molecule has 1 aliphatic rings. The molecule has 0 saturated carbocycles. The van der Waals surface area contributed by atoms with Gasteiger partial charge >= 0.3 is 0 Å². The highest BCUT2D eigenvalue weighted by molar-refractivity contribution is 6.43. The zero-order valence-electron chi connectivity index (χ0n) is 13.9. The standard InChI is InChI=1S/C18H21N3O3/c1-12-16(13(2)21(20-12)15-6-4-3-5-7-15)17(22)18(23)19-10-14-8-9-24-11-14/h3-7,14H,8-11H2,1-2H3,(H,19,23)/t14-/m0/s1. The molecule has 126 valence electrons. The lowest BCUT2D eigenvalue weighted by Gasteiger charge is -2.09. The second kappa shape index (κ2) is 6.97. The van der Waals surface area contributed by atoms with Crippen LogP contribution in [-0.2, 0) is 9.53 Å². The Hall–Kier alpha value is -2.47. The third kappa shape index (κ3) is 3.23. The number of nitrogens with one attached hydrogen (secondary N) is 1. The van der Waals surface area contributed by atoms with Crippen molar-refractivity contribution >= 4 is 11.7 Å². The van der Waals surface area contributed by atoms with Gasteiger partial charge in [-0.25, -0.2) is 4.68 Å². The molecule has 1 aromatic heterocycles. The maximum atomic E-state index is 12.5. The average Bonchev–Trinajstić information content (AvgIpc) is 3.21. The second-order valence-electron chi connectivity index (χ2n) is 6.06. The van der Waals surface area contributed by atoms with Gasteiger partial charge in [-0.05, 0) is 32.4 Å². The van der Waals surface area contributed by atoms with Gasteiger partial charge < -0.3 is 10.1 Å². The SMILES string of the molecule is Cc1nn(-c2ccccc2)c(C)c1C(=O)C(=O)NC[C@@H]1CCOC1. The van der Waals surface area contributed by atoms with Gasteiger partial charge in [0.15, 0.2) is 0 Å². The van der Waals surface area contributed by atoms with E-state index >= 15 is 0 Å². The Balaban J connectivity index is 1.77. The van der Waals surface area contributed by atoms with Crippen molar-refractivity contribution in [2.75, 3.05) is 19.8 Å². The summed E-state index contributed by atoms with van der Waals surface area (Å²) in [5.41, 5.74) is 2.46. The lowest BCUT2D eigenvalue weighted by Crippen LogP contribution is -2.35. The molecule has 1 atom stereocenters. The number of aryl methyl sites for hydroxylation is 1.